The molecule has 0 aromatic heterocycles. The molecule has 0 radical (unpaired) electrons. The average Bonchev–Trinajstić information content (AvgIpc) is 2.95. The number of azo groups is 2. The first-order chi connectivity index (χ1) is 19.8. The van der Waals surface area contributed by atoms with Crippen molar-refractivity contribution in [3.8, 4) is 5.75 Å². The number of carbonyl (C=O) groups is 2. The number of hydrogen-bond acceptors (Lipinski definition) is 15. The highest BCUT2D eigenvalue weighted by molar-refractivity contribution is 7.91. The number of benzene rings is 3. The first-order valence-corrected chi connectivity index (χ1v) is 14.6. The summed E-state index contributed by atoms with van der Waals surface area (Å²) in [6, 6.07) is 8.79. The highest BCUT2D eigenvalue weighted by atomic mass is 32.2. The summed E-state index contributed by atoms with van der Waals surface area (Å²) in [4.78, 5) is 22.6. The molecule has 3 rings (SSSR count). The van der Waals surface area contributed by atoms with E-state index in [9.17, 15) is 31.0 Å². The highest BCUT2D eigenvalue weighted by Crippen LogP contribution is 2.43. The van der Waals surface area contributed by atoms with E-state index in [1.807, 2.05) is 0 Å². The van der Waals surface area contributed by atoms with Crippen molar-refractivity contribution in [3.63, 3.8) is 0 Å². The lowest BCUT2D eigenvalue weighted by Crippen LogP contribution is -2.12. The van der Waals surface area contributed by atoms with Gasteiger partial charge in [-0.25, -0.2) is 13.2 Å². The number of nitrogens with zero attached hydrogens (tertiary/aromatic N) is 4. The highest BCUT2D eigenvalue weighted by Gasteiger charge is 2.24. The maximum atomic E-state index is 12.5. The zero-order valence-electron chi connectivity index (χ0n) is 22.0. The fraction of sp³-hybridized carbons (Fsp3) is 0.167. The van der Waals surface area contributed by atoms with Crippen LogP contribution < -0.4 is 16.2 Å². The van der Waals surface area contributed by atoms with Crippen LogP contribution >= 0.6 is 0 Å². The van der Waals surface area contributed by atoms with Gasteiger partial charge < -0.3 is 26.0 Å². The van der Waals surface area contributed by atoms with Crippen LogP contribution in [0.3, 0.4) is 0 Å². The van der Waals surface area contributed by atoms with Crippen LogP contribution in [-0.2, 0) is 24.7 Å². The van der Waals surface area contributed by atoms with Crippen LogP contribution in [0.25, 0.3) is 0 Å². The molecule has 0 fully saturated rings. The summed E-state index contributed by atoms with van der Waals surface area (Å²) >= 11 is 0. The van der Waals surface area contributed by atoms with Gasteiger partial charge in [-0.1, -0.05) is 12.1 Å². The number of hydrogen-bond donors (Lipinski definition) is 4. The SMILES string of the molecule is COC(=O)c1ccccc1/N=N/c1cc(S(=O)(=O)O)c(N)c(/N=N/c2cc(OC)c(S(=O)(=O)CCO)cc2C=O)c1N. The number of aliphatic hydroxyl groups excluding tert-OH is 1. The Morgan fingerprint density at radius 1 is 0.905 bits per heavy atom. The van der Waals surface area contributed by atoms with Crippen molar-refractivity contribution in [2.45, 2.75) is 9.79 Å². The van der Waals surface area contributed by atoms with Crippen molar-refractivity contribution in [1.29, 1.82) is 0 Å². The van der Waals surface area contributed by atoms with E-state index in [0.717, 1.165) is 32.4 Å². The number of aldehydes is 1. The number of anilines is 2. The van der Waals surface area contributed by atoms with Crippen molar-refractivity contribution in [2.75, 3.05) is 38.0 Å². The lowest BCUT2D eigenvalue weighted by molar-refractivity contribution is 0.0601. The van der Waals surface area contributed by atoms with Crippen LogP contribution in [0.1, 0.15) is 20.7 Å². The minimum Gasteiger partial charge on any atom is -0.495 e. The van der Waals surface area contributed by atoms with E-state index in [1.54, 1.807) is 12.1 Å². The fourth-order valence-electron chi connectivity index (χ4n) is 3.50. The Bertz CT molecular complexity index is 1820. The molecule has 0 heterocycles. The third-order valence-electron chi connectivity index (χ3n) is 5.56. The third-order valence-corrected chi connectivity index (χ3v) is 8.17. The monoisotopic (exact) mass is 620 g/mol. The van der Waals surface area contributed by atoms with Crippen molar-refractivity contribution in [2.24, 2.45) is 20.5 Å². The molecule has 42 heavy (non-hydrogen) atoms. The molecule has 0 aliphatic carbocycles. The zero-order valence-corrected chi connectivity index (χ0v) is 23.6. The largest absolute Gasteiger partial charge is 0.495 e. The van der Waals surface area contributed by atoms with Gasteiger partial charge in [0.2, 0.25) is 0 Å². The van der Waals surface area contributed by atoms with Crippen molar-refractivity contribution in [3.05, 3.63) is 53.6 Å². The van der Waals surface area contributed by atoms with E-state index in [0.29, 0.717) is 0 Å². The van der Waals surface area contributed by atoms with Crippen LogP contribution in [0.15, 0.2) is 72.7 Å². The second-order valence-corrected chi connectivity index (χ2v) is 11.6. The first kappa shape index (κ1) is 31.7. The molecule has 0 spiro atoms. The number of aliphatic hydroxyl groups is 1. The summed E-state index contributed by atoms with van der Waals surface area (Å²) in [5, 5.41) is 24.6. The van der Waals surface area contributed by atoms with E-state index < -0.39 is 54.6 Å². The van der Waals surface area contributed by atoms with Gasteiger partial charge in [0.25, 0.3) is 10.1 Å². The Morgan fingerprint density at radius 3 is 2.14 bits per heavy atom. The van der Waals surface area contributed by atoms with Crippen molar-refractivity contribution < 1.29 is 45.6 Å². The molecule has 0 aliphatic heterocycles. The standard InChI is InChI=1S/C24H24N6O10S2/c1-39-18-10-16(13(12-32)9-19(18)41(34,35)8-7-31)28-30-23-21(25)17(11-20(22(23)26)42(36,37)38)29-27-15-6-4-3-5-14(15)24(33)40-2/h3-6,9-12,31H,7-8,25-26H2,1-2H3,(H,36,37,38)/b29-27+,30-28+. The van der Waals surface area contributed by atoms with E-state index in [1.165, 1.54) is 12.1 Å². The Kier molecular flexibility index (Phi) is 9.68. The van der Waals surface area contributed by atoms with E-state index >= 15 is 0 Å². The van der Waals surface area contributed by atoms with Crippen LogP contribution in [0.4, 0.5) is 34.1 Å². The predicted octanol–water partition coefficient (Wildman–Crippen LogP) is 3.30. The van der Waals surface area contributed by atoms with Crippen LogP contribution in [0, 0.1) is 0 Å². The summed E-state index contributed by atoms with van der Waals surface area (Å²) in [6.45, 7) is -0.681. The molecule has 0 unspecified atom stereocenters. The van der Waals surface area contributed by atoms with Crippen LogP contribution in [-0.4, -0.2) is 65.3 Å². The minimum absolute atomic E-state index is 0.0347. The Balaban J connectivity index is 2.21. The average molecular weight is 621 g/mol. The van der Waals surface area contributed by atoms with Gasteiger partial charge in [-0.15, -0.1) is 20.5 Å². The van der Waals surface area contributed by atoms with Gasteiger partial charge in [0.1, 0.15) is 32.6 Å². The molecule has 0 atom stereocenters. The molecule has 0 bridgehead atoms. The van der Waals surface area contributed by atoms with Gasteiger partial charge >= 0.3 is 5.97 Å². The number of nitrogen functional groups attached to an aromatic ring is 2. The molecular weight excluding hydrogens is 596 g/mol. The Labute approximate surface area is 239 Å². The lowest BCUT2D eigenvalue weighted by Gasteiger charge is -2.12. The van der Waals surface area contributed by atoms with E-state index in [4.69, 9.17) is 26.0 Å². The summed E-state index contributed by atoms with van der Waals surface area (Å²) in [7, 11) is -6.68. The molecule has 0 amide bonds. The van der Waals surface area contributed by atoms with Gasteiger partial charge in [-0.3, -0.25) is 9.35 Å². The van der Waals surface area contributed by atoms with Gasteiger partial charge in [0.15, 0.2) is 16.1 Å². The number of carbonyl (C=O) groups excluding carboxylic acids is 2. The molecular formula is C24H24N6O10S2. The summed E-state index contributed by atoms with van der Waals surface area (Å²) in [6.07, 6.45) is 0.283. The smallest absolute Gasteiger partial charge is 0.340 e. The molecule has 0 saturated carbocycles. The number of rotatable bonds is 11. The maximum absolute atomic E-state index is 12.5. The summed E-state index contributed by atoms with van der Waals surface area (Å²) in [5.41, 5.74) is 9.83. The lowest BCUT2D eigenvalue weighted by atomic mass is 10.2. The van der Waals surface area contributed by atoms with Crippen molar-refractivity contribution in [1.82, 2.24) is 0 Å². The minimum atomic E-state index is -4.96. The molecule has 18 heteroatoms. The first-order valence-electron chi connectivity index (χ1n) is 11.5. The molecule has 0 saturated heterocycles. The molecule has 16 nitrogen and oxygen atoms in total. The zero-order chi connectivity index (χ0) is 31.2. The predicted molar refractivity (Wildman–Crippen MR) is 149 cm³/mol. The second-order valence-electron chi connectivity index (χ2n) is 8.18. The van der Waals surface area contributed by atoms with Crippen LogP contribution in [0.5, 0.6) is 5.75 Å². The van der Waals surface area contributed by atoms with Crippen LogP contribution in [0.2, 0.25) is 0 Å². The normalized spacial score (nSPS) is 12.1. The number of sulfone groups is 1. The molecule has 3 aromatic carbocycles. The van der Waals surface area contributed by atoms with E-state index in [2.05, 4.69) is 20.5 Å². The maximum Gasteiger partial charge on any atom is 0.340 e. The topological polar surface area (TPSA) is 263 Å². The second kappa shape index (κ2) is 12.8. The van der Waals surface area contributed by atoms with Gasteiger partial charge in [0, 0.05) is 11.6 Å². The number of ether oxygens (including phenoxy) is 2. The Morgan fingerprint density at radius 2 is 1.55 bits per heavy atom. The van der Waals surface area contributed by atoms with Crippen molar-refractivity contribution >= 4 is 66.3 Å². The number of methoxy groups -OCH3 is 2. The number of nitrogens with two attached hydrogens (primary N) is 2. The van der Waals surface area contributed by atoms with E-state index in [-0.39, 0.29) is 50.8 Å². The number of esters is 1. The molecule has 3 aromatic rings. The summed E-state index contributed by atoms with van der Waals surface area (Å²) in [5.74, 6) is -1.59. The molecule has 6 N–H and O–H groups in total. The third kappa shape index (κ3) is 6.74. The van der Waals surface area contributed by atoms with Gasteiger partial charge in [-0.2, -0.15) is 8.42 Å². The Hall–Kier alpha value is -4.78. The molecule has 0 aliphatic rings. The van der Waals surface area contributed by atoms with Gasteiger partial charge in [-0.05, 0) is 24.3 Å². The molecule has 222 valence electrons. The quantitative estimate of drug-likeness (QED) is 0.0791. The summed E-state index contributed by atoms with van der Waals surface area (Å²) < 4.78 is 68.7. The van der Waals surface area contributed by atoms with Gasteiger partial charge in [0.05, 0.1) is 49.2 Å². The fourth-order valence-corrected chi connectivity index (χ4v) is 5.35.